The molecular formula is C16H24N2O3. The molecule has 0 aliphatic carbocycles. The molecule has 5 heteroatoms. The Kier molecular flexibility index (Phi) is 5.59. The molecule has 3 N–H and O–H groups in total. The van der Waals surface area contributed by atoms with Gasteiger partial charge in [0.05, 0.1) is 0 Å². The minimum absolute atomic E-state index is 0.108. The molecule has 0 radical (unpaired) electrons. The van der Waals surface area contributed by atoms with Crippen molar-refractivity contribution in [2.45, 2.75) is 19.8 Å². The van der Waals surface area contributed by atoms with Gasteiger partial charge < -0.3 is 20.4 Å². The van der Waals surface area contributed by atoms with E-state index >= 15 is 0 Å². The summed E-state index contributed by atoms with van der Waals surface area (Å²) in [5.41, 5.74) is 1.37. The summed E-state index contributed by atoms with van der Waals surface area (Å²) in [5.74, 6) is 0.435. The average Bonchev–Trinajstić information content (AvgIpc) is 2.47. The molecule has 1 unspecified atom stereocenters. The Morgan fingerprint density at radius 1 is 1.48 bits per heavy atom. The van der Waals surface area contributed by atoms with Gasteiger partial charge in [-0.3, -0.25) is 4.79 Å². The highest BCUT2D eigenvalue weighted by Gasteiger charge is 2.19. The minimum atomic E-state index is -0.108. The van der Waals surface area contributed by atoms with E-state index in [-0.39, 0.29) is 18.3 Å². The van der Waals surface area contributed by atoms with Gasteiger partial charge in [-0.2, -0.15) is 0 Å². The van der Waals surface area contributed by atoms with Crippen LogP contribution in [0.2, 0.25) is 0 Å². The van der Waals surface area contributed by atoms with Crippen LogP contribution in [0.15, 0.2) is 18.2 Å². The summed E-state index contributed by atoms with van der Waals surface area (Å²) < 4.78 is 0. The highest BCUT2D eigenvalue weighted by molar-refractivity contribution is 5.95. The van der Waals surface area contributed by atoms with Crippen molar-refractivity contribution in [3.05, 3.63) is 29.3 Å². The maximum absolute atomic E-state index is 12.1. The fraction of sp³-hybridized carbons (Fsp3) is 0.562. The second kappa shape index (κ2) is 7.43. The van der Waals surface area contributed by atoms with Gasteiger partial charge in [0.15, 0.2) is 0 Å². The molecule has 1 atom stereocenters. The van der Waals surface area contributed by atoms with E-state index in [9.17, 15) is 15.0 Å². The first-order chi connectivity index (χ1) is 10.1. The standard InChI is InChI=1S/C16H24N2O3/c1-12-9-14(20)4-5-15(12)16(21)17-6-8-18-7-2-3-13(10-18)11-19/h4-5,9,13,19-20H,2-3,6-8,10-11H2,1H3,(H,17,21). The summed E-state index contributed by atoms with van der Waals surface area (Å²) in [4.78, 5) is 14.4. The van der Waals surface area contributed by atoms with Crippen LogP contribution in [0.4, 0.5) is 0 Å². The lowest BCUT2D eigenvalue weighted by Gasteiger charge is -2.31. The topological polar surface area (TPSA) is 72.8 Å². The van der Waals surface area contributed by atoms with E-state index in [1.165, 1.54) is 6.07 Å². The lowest BCUT2D eigenvalue weighted by Crippen LogP contribution is -2.41. The highest BCUT2D eigenvalue weighted by atomic mass is 16.3. The van der Waals surface area contributed by atoms with Crippen LogP contribution in [0.1, 0.15) is 28.8 Å². The number of benzene rings is 1. The number of aliphatic hydroxyl groups excluding tert-OH is 1. The molecule has 0 saturated carbocycles. The molecule has 116 valence electrons. The molecule has 0 aromatic heterocycles. The predicted octanol–water partition coefficient (Wildman–Crippen LogP) is 1.13. The van der Waals surface area contributed by atoms with Gasteiger partial charge in [-0.1, -0.05) is 0 Å². The number of carbonyl (C=O) groups excluding carboxylic acids is 1. The van der Waals surface area contributed by atoms with Crippen molar-refractivity contribution in [1.29, 1.82) is 0 Å². The Labute approximate surface area is 125 Å². The summed E-state index contributed by atoms with van der Waals surface area (Å²) in [6.45, 7) is 5.40. The average molecular weight is 292 g/mol. The third-order valence-corrected chi connectivity index (χ3v) is 4.03. The van der Waals surface area contributed by atoms with Crippen molar-refractivity contribution in [2.24, 2.45) is 5.92 Å². The van der Waals surface area contributed by atoms with E-state index in [1.807, 2.05) is 6.92 Å². The highest BCUT2D eigenvalue weighted by Crippen LogP contribution is 2.16. The molecule has 1 aromatic carbocycles. The largest absolute Gasteiger partial charge is 0.508 e. The van der Waals surface area contributed by atoms with Crippen molar-refractivity contribution in [1.82, 2.24) is 10.2 Å². The number of carbonyl (C=O) groups is 1. The van der Waals surface area contributed by atoms with E-state index in [2.05, 4.69) is 10.2 Å². The summed E-state index contributed by atoms with van der Waals surface area (Å²) in [6, 6.07) is 4.76. The number of phenols is 1. The fourth-order valence-electron chi connectivity index (χ4n) is 2.83. The molecule has 21 heavy (non-hydrogen) atoms. The number of hydrogen-bond donors (Lipinski definition) is 3. The van der Waals surface area contributed by atoms with Crippen molar-refractivity contribution >= 4 is 5.91 Å². The van der Waals surface area contributed by atoms with E-state index in [0.29, 0.717) is 18.0 Å². The Morgan fingerprint density at radius 2 is 2.29 bits per heavy atom. The van der Waals surface area contributed by atoms with Gasteiger partial charge >= 0.3 is 0 Å². The first-order valence-corrected chi connectivity index (χ1v) is 7.51. The minimum Gasteiger partial charge on any atom is -0.508 e. The van der Waals surface area contributed by atoms with Crippen molar-refractivity contribution < 1.29 is 15.0 Å². The summed E-state index contributed by atoms with van der Waals surface area (Å²) >= 11 is 0. The number of phenolic OH excluding ortho intramolecular Hbond substituents is 1. The van der Waals surface area contributed by atoms with Crippen LogP contribution in [0.3, 0.4) is 0 Å². The molecule has 1 heterocycles. The van der Waals surface area contributed by atoms with Gasteiger partial charge in [-0.05, 0) is 56.0 Å². The normalized spacial score (nSPS) is 19.4. The molecule has 1 fully saturated rings. The fourth-order valence-corrected chi connectivity index (χ4v) is 2.83. The number of nitrogens with one attached hydrogen (secondary N) is 1. The monoisotopic (exact) mass is 292 g/mol. The van der Waals surface area contributed by atoms with E-state index in [1.54, 1.807) is 12.1 Å². The number of aryl methyl sites for hydroxylation is 1. The molecular weight excluding hydrogens is 268 g/mol. The Hall–Kier alpha value is -1.59. The van der Waals surface area contributed by atoms with Crippen LogP contribution in [-0.2, 0) is 0 Å². The third kappa shape index (κ3) is 4.44. The Balaban J connectivity index is 1.79. The van der Waals surface area contributed by atoms with Gasteiger partial charge in [0, 0.05) is 31.8 Å². The zero-order valence-corrected chi connectivity index (χ0v) is 12.5. The van der Waals surface area contributed by atoms with Crippen LogP contribution >= 0.6 is 0 Å². The number of aliphatic hydroxyl groups is 1. The molecule has 1 aliphatic heterocycles. The van der Waals surface area contributed by atoms with E-state index in [4.69, 9.17) is 0 Å². The molecule has 0 spiro atoms. The second-order valence-electron chi connectivity index (χ2n) is 5.75. The molecule has 1 aromatic rings. The summed E-state index contributed by atoms with van der Waals surface area (Å²) in [7, 11) is 0. The van der Waals surface area contributed by atoms with E-state index in [0.717, 1.165) is 38.0 Å². The quantitative estimate of drug-likeness (QED) is 0.761. The number of amides is 1. The summed E-state index contributed by atoms with van der Waals surface area (Å²) in [5, 5.41) is 21.5. The molecule has 1 saturated heterocycles. The van der Waals surface area contributed by atoms with Gasteiger partial charge in [-0.25, -0.2) is 0 Å². The maximum Gasteiger partial charge on any atom is 0.251 e. The Morgan fingerprint density at radius 3 is 3.00 bits per heavy atom. The smallest absolute Gasteiger partial charge is 0.251 e. The van der Waals surface area contributed by atoms with Gasteiger partial charge in [0.25, 0.3) is 5.91 Å². The number of nitrogens with zero attached hydrogens (tertiary/aromatic N) is 1. The number of hydrogen-bond acceptors (Lipinski definition) is 4. The third-order valence-electron chi connectivity index (χ3n) is 4.03. The molecule has 5 nitrogen and oxygen atoms in total. The first kappa shape index (κ1) is 15.8. The van der Waals surface area contributed by atoms with Crippen LogP contribution in [-0.4, -0.2) is 53.8 Å². The lowest BCUT2D eigenvalue weighted by atomic mass is 9.99. The predicted molar refractivity (Wildman–Crippen MR) is 81.4 cm³/mol. The zero-order valence-electron chi connectivity index (χ0n) is 12.5. The molecule has 0 bridgehead atoms. The van der Waals surface area contributed by atoms with Gasteiger partial charge in [0.2, 0.25) is 0 Å². The number of aromatic hydroxyl groups is 1. The molecule has 1 aliphatic rings. The first-order valence-electron chi connectivity index (χ1n) is 7.51. The van der Waals surface area contributed by atoms with Crippen LogP contribution in [0.25, 0.3) is 0 Å². The van der Waals surface area contributed by atoms with Crippen LogP contribution in [0, 0.1) is 12.8 Å². The van der Waals surface area contributed by atoms with Crippen LogP contribution < -0.4 is 5.32 Å². The van der Waals surface area contributed by atoms with Crippen LogP contribution in [0.5, 0.6) is 5.75 Å². The zero-order chi connectivity index (χ0) is 15.2. The van der Waals surface area contributed by atoms with Crippen molar-refractivity contribution in [3.8, 4) is 5.75 Å². The van der Waals surface area contributed by atoms with E-state index < -0.39 is 0 Å². The Bertz CT molecular complexity index is 490. The summed E-state index contributed by atoms with van der Waals surface area (Å²) in [6.07, 6.45) is 2.20. The number of likely N-dealkylation sites (tertiary alicyclic amines) is 1. The number of piperidine rings is 1. The maximum atomic E-state index is 12.1. The lowest BCUT2D eigenvalue weighted by molar-refractivity contribution is 0.0930. The SMILES string of the molecule is Cc1cc(O)ccc1C(=O)NCCN1CCCC(CO)C1. The molecule has 2 rings (SSSR count). The molecule has 1 amide bonds. The second-order valence-corrected chi connectivity index (χ2v) is 5.75. The van der Waals surface area contributed by atoms with Gasteiger partial charge in [-0.15, -0.1) is 0 Å². The van der Waals surface area contributed by atoms with Crippen molar-refractivity contribution in [3.63, 3.8) is 0 Å². The van der Waals surface area contributed by atoms with Crippen molar-refractivity contribution in [2.75, 3.05) is 32.8 Å². The number of rotatable bonds is 5. The van der Waals surface area contributed by atoms with Gasteiger partial charge in [0.1, 0.15) is 5.75 Å².